The third-order valence-electron chi connectivity index (χ3n) is 8.58. The number of esters is 1. The van der Waals surface area contributed by atoms with Crippen molar-refractivity contribution in [1.82, 2.24) is 0 Å². The van der Waals surface area contributed by atoms with Crippen LogP contribution in [0.2, 0.25) is 0 Å². The number of fused-ring (bicyclic) bond motifs is 5. The summed E-state index contributed by atoms with van der Waals surface area (Å²) in [7, 11) is 0. The molecule has 152 valence electrons. The number of hydrogen-bond acceptors (Lipinski definition) is 5. The average molecular weight is 386 g/mol. The van der Waals surface area contributed by atoms with E-state index >= 15 is 0 Å². The summed E-state index contributed by atoms with van der Waals surface area (Å²) in [6.45, 7) is 5.23. The molecule has 3 saturated carbocycles. The van der Waals surface area contributed by atoms with E-state index in [-0.39, 0.29) is 29.5 Å². The van der Waals surface area contributed by atoms with E-state index in [2.05, 4.69) is 19.9 Å². The Morgan fingerprint density at radius 3 is 2.61 bits per heavy atom. The van der Waals surface area contributed by atoms with Gasteiger partial charge in [-0.15, -0.1) is 0 Å². The molecular weight excluding hydrogens is 356 g/mol. The van der Waals surface area contributed by atoms with Gasteiger partial charge >= 0.3 is 5.97 Å². The third-order valence-corrected chi connectivity index (χ3v) is 8.58. The Hall–Kier alpha value is -1.75. The van der Waals surface area contributed by atoms with E-state index in [4.69, 9.17) is 4.74 Å². The lowest BCUT2D eigenvalue weighted by molar-refractivity contribution is -0.168. The van der Waals surface area contributed by atoms with Crippen LogP contribution in [0.3, 0.4) is 0 Å². The van der Waals surface area contributed by atoms with Gasteiger partial charge < -0.3 is 9.84 Å². The standard InChI is InChI=1S/C23H30O5/c1-14(24)28-13-20(26)23(27)11-8-19-17-5-4-15-12-16(25)6-9-21(15,2)18(17)7-10-22(19,23)3/h6,9,12,17-19,27H,4-5,7-8,10-11,13H2,1-3H3/t17?,18?,19?,21-,22-,23-/m0/s1. The molecule has 0 amide bonds. The Kier molecular flexibility index (Phi) is 4.46. The second-order valence-electron chi connectivity index (χ2n) is 9.66. The van der Waals surface area contributed by atoms with Gasteiger partial charge in [-0.3, -0.25) is 14.4 Å². The predicted octanol–water partition coefficient (Wildman–Crippen LogP) is 3.16. The van der Waals surface area contributed by atoms with Crippen LogP contribution in [0.15, 0.2) is 23.8 Å². The summed E-state index contributed by atoms with van der Waals surface area (Å²) in [6, 6.07) is 0. The van der Waals surface area contributed by atoms with E-state index in [9.17, 15) is 19.5 Å². The first kappa shape index (κ1) is 19.6. The third kappa shape index (κ3) is 2.58. The molecule has 0 aromatic heterocycles. The van der Waals surface area contributed by atoms with Crippen LogP contribution in [0.1, 0.15) is 59.3 Å². The first-order chi connectivity index (χ1) is 13.1. The Morgan fingerprint density at radius 1 is 1.18 bits per heavy atom. The molecule has 6 atom stereocenters. The van der Waals surface area contributed by atoms with E-state index in [0.29, 0.717) is 18.3 Å². The zero-order valence-electron chi connectivity index (χ0n) is 17.0. The Balaban J connectivity index is 1.61. The fraction of sp³-hybridized carbons (Fsp3) is 0.696. The van der Waals surface area contributed by atoms with Crippen LogP contribution in [-0.2, 0) is 19.1 Å². The maximum absolute atomic E-state index is 12.8. The number of aliphatic hydroxyl groups is 1. The molecule has 5 heteroatoms. The van der Waals surface area contributed by atoms with Gasteiger partial charge in [0.15, 0.2) is 12.4 Å². The summed E-state index contributed by atoms with van der Waals surface area (Å²) in [5, 5.41) is 11.4. The topological polar surface area (TPSA) is 80.7 Å². The molecule has 5 nitrogen and oxygen atoms in total. The van der Waals surface area contributed by atoms with Crippen molar-refractivity contribution in [3.8, 4) is 0 Å². The summed E-state index contributed by atoms with van der Waals surface area (Å²) in [5.41, 5.74) is -0.769. The van der Waals surface area contributed by atoms with Crippen LogP contribution < -0.4 is 0 Å². The van der Waals surface area contributed by atoms with Crippen LogP contribution in [0.5, 0.6) is 0 Å². The first-order valence-electron chi connectivity index (χ1n) is 10.4. The number of Topliss-reactive ketones (excluding diaryl/α,β-unsaturated/α-hetero) is 1. The Labute approximate surface area is 166 Å². The van der Waals surface area contributed by atoms with Crippen LogP contribution in [-0.4, -0.2) is 34.9 Å². The van der Waals surface area contributed by atoms with Crippen LogP contribution >= 0.6 is 0 Å². The molecule has 0 aromatic rings. The van der Waals surface area contributed by atoms with E-state index in [1.807, 2.05) is 6.08 Å². The van der Waals surface area contributed by atoms with Gasteiger partial charge in [-0.25, -0.2) is 0 Å². The molecule has 1 N–H and O–H groups in total. The van der Waals surface area contributed by atoms with Gasteiger partial charge in [0.2, 0.25) is 5.78 Å². The lowest BCUT2D eigenvalue weighted by Gasteiger charge is -2.57. The monoisotopic (exact) mass is 386 g/mol. The van der Waals surface area contributed by atoms with Crippen molar-refractivity contribution in [1.29, 1.82) is 0 Å². The number of rotatable bonds is 3. The summed E-state index contributed by atoms with van der Waals surface area (Å²) >= 11 is 0. The van der Waals surface area contributed by atoms with Crippen LogP contribution in [0.4, 0.5) is 0 Å². The zero-order chi connectivity index (χ0) is 20.3. The average Bonchev–Trinajstić information content (AvgIpc) is 2.92. The van der Waals surface area contributed by atoms with Crippen molar-refractivity contribution >= 4 is 17.5 Å². The quantitative estimate of drug-likeness (QED) is 0.754. The summed E-state index contributed by atoms with van der Waals surface area (Å²) in [6.07, 6.45) is 10.5. The van der Waals surface area contributed by atoms with Crippen molar-refractivity contribution in [3.05, 3.63) is 23.8 Å². The molecule has 0 aromatic carbocycles. The molecule has 28 heavy (non-hydrogen) atoms. The summed E-state index contributed by atoms with van der Waals surface area (Å²) in [4.78, 5) is 35.8. The van der Waals surface area contributed by atoms with E-state index in [1.165, 1.54) is 12.5 Å². The van der Waals surface area contributed by atoms with E-state index in [0.717, 1.165) is 32.1 Å². The highest BCUT2D eigenvalue weighted by molar-refractivity contribution is 6.01. The van der Waals surface area contributed by atoms with Gasteiger partial charge in [0.1, 0.15) is 5.60 Å². The minimum absolute atomic E-state index is 0.0814. The zero-order valence-corrected chi connectivity index (χ0v) is 17.0. The lowest BCUT2D eigenvalue weighted by Crippen LogP contribution is -2.58. The number of carbonyl (C=O) groups is 3. The predicted molar refractivity (Wildman–Crippen MR) is 103 cm³/mol. The number of ketones is 2. The Morgan fingerprint density at radius 2 is 1.89 bits per heavy atom. The number of hydrogen-bond donors (Lipinski definition) is 1. The van der Waals surface area contributed by atoms with Gasteiger partial charge in [-0.1, -0.05) is 25.5 Å². The van der Waals surface area contributed by atoms with Gasteiger partial charge in [-0.05, 0) is 68.4 Å². The van der Waals surface area contributed by atoms with Gasteiger partial charge in [0.25, 0.3) is 0 Å². The first-order valence-corrected chi connectivity index (χ1v) is 10.4. The number of allylic oxidation sites excluding steroid dienone is 4. The molecule has 0 radical (unpaired) electrons. The largest absolute Gasteiger partial charge is 0.458 e. The number of ether oxygens (including phenoxy) is 1. The smallest absolute Gasteiger partial charge is 0.303 e. The molecular formula is C23H30O5. The highest BCUT2D eigenvalue weighted by Gasteiger charge is 2.66. The molecule has 0 bridgehead atoms. The van der Waals surface area contributed by atoms with Crippen LogP contribution in [0, 0.1) is 28.6 Å². The van der Waals surface area contributed by atoms with E-state index < -0.39 is 17.0 Å². The van der Waals surface area contributed by atoms with Crippen molar-refractivity contribution in [3.63, 3.8) is 0 Å². The molecule has 4 rings (SSSR count). The molecule has 0 heterocycles. The number of carbonyl (C=O) groups excluding carboxylic acids is 3. The van der Waals surface area contributed by atoms with Crippen molar-refractivity contribution < 1.29 is 24.2 Å². The lowest BCUT2D eigenvalue weighted by atomic mass is 9.47. The maximum Gasteiger partial charge on any atom is 0.303 e. The molecule has 3 fully saturated rings. The normalized spacial score (nSPS) is 44.2. The second kappa shape index (κ2) is 6.38. The summed E-state index contributed by atoms with van der Waals surface area (Å²) < 4.78 is 4.91. The summed E-state index contributed by atoms with van der Waals surface area (Å²) in [5.74, 6) is 0.338. The van der Waals surface area contributed by atoms with E-state index in [1.54, 1.807) is 6.08 Å². The molecule has 4 aliphatic rings. The van der Waals surface area contributed by atoms with Gasteiger partial charge in [-0.2, -0.15) is 0 Å². The molecule has 0 saturated heterocycles. The molecule has 3 unspecified atom stereocenters. The maximum atomic E-state index is 12.8. The minimum atomic E-state index is -1.42. The molecule has 0 aliphatic heterocycles. The minimum Gasteiger partial charge on any atom is -0.458 e. The van der Waals surface area contributed by atoms with Crippen molar-refractivity contribution in [2.45, 2.75) is 64.9 Å². The Bertz CT molecular complexity index is 795. The van der Waals surface area contributed by atoms with Crippen LogP contribution in [0.25, 0.3) is 0 Å². The van der Waals surface area contributed by atoms with Crippen molar-refractivity contribution in [2.75, 3.05) is 6.61 Å². The highest BCUT2D eigenvalue weighted by atomic mass is 16.5. The van der Waals surface area contributed by atoms with Gasteiger partial charge in [0, 0.05) is 17.8 Å². The van der Waals surface area contributed by atoms with Crippen molar-refractivity contribution in [2.24, 2.45) is 28.6 Å². The molecule has 4 aliphatic carbocycles. The SMILES string of the molecule is CC(=O)OCC(=O)[C@@]1(O)CCC2C3CCC4=CC(=O)C=C[C@]4(C)C3CC[C@@]21C. The highest BCUT2D eigenvalue weighted by Crippen LogP contribution is 2.67. The second-order valence-corrected chi connectivity index (χ2v) is 9.66. The van der Waals surface area contributed by atoms with Gasteiger partial charge in [0.05, 0.1) is 0 Å². The molecule has 0 spiro atoms. The fourth-order valence-electron chi connectivity index (χ4n) is 6.96. The fourth-order valence-corrected chi connectivity index (χ4v) is 6.96.